The van der Waals surface area contributed by atoms with E-state index < -0.39 is 0 Å². The molecule has 2 aromatic rings. The lowest BCUT2D eigenvalue weighted by molar-refractivity contribution is 0.628. The molecule has 0 spiro atoms. The molecule has 16 heavy (non-hydrogen) atoms. The monoisotopic (exact) mass is 237 g/mol. The first-order valence-corrected chi connectivity index (χ1v) is 6.33. The lowest BCUT2D eigenvalue weighted by Gasteiger charge is -2.06. The molecule has 1 aromatic heterocycles. The Balaban J connectivity index is 2.60. The zero-order chi connectivity index (χ0) is 11.7. The number of hydrogen-bond acceptors (Lipinski definition) is 2. The molecule has 0 saturated carbocycles. The van der Waals surface area contributed by atoms with Gasteiger partial charge in [-0.25, -0.2) is 4.39 Å². The van der Waals surface area contributed by atoms with E-state index in [0.717, 1.165) is 16.5 Å². The first-order valence-electron chi connectivity index (χ1n) is 5.51. The number of fused-ring (bicyclic) bond motifs is 1. The van der Waals surface area contributed by atoms with E-state index in [9.17, 15) is 4.39 Å². The van der Waals surface area contributed by atoms with Gasteiger partial charge in [0.25, 0.3) is 0 Å². The molecule has 86 valence electrons. The zero-order valence-electron chi connectivity index (χ0n) is 9.59. The quantitative estimate of drug-likeness (QED) is 0.865. The second-order valence-electron chi connectivity index (χ2n) is 4.45. The van der Waals surface area contributed by atoms with Crippen LogP contribution in [-0.2, 0) is 13.0 Å². The molecule has 3 heteroatoms. The summed E-state index contributed by atoms with van der Waals surface area (Å²) in [6.07, 6.45) is 0.968. The van der Waals surface area contributed by atoms with Crippen LogP contribution in [0.25, 0.3) is 10.1 Å². The minimum atomic E-state index is -0.168. The molecule has 0 aliphatic carbocycles. The van der Waals surface area contributed by atoms with Gasteiger partial charge in [-0.1, -0.05) is 13.8 Å². The summed E-state index contributed by atoms with van der Waals surface area (Å²) in [5, 5.41) is 1.04. The molecule has 1 heterocycles. The summed E-state index contributed by atoms with van der Waals surface area (Å²) < 4.78 is 14.4. The number of benzene rings is 1. The van der Waals surface area contributed by atoms with Gasteiger partial charge >= 0.3 is 0 Å². The Labute approximate surface area is 99.1 Å². The van der Waals surface area contributed by atoms with Gasteiger partial charge < -0.3 is 5.73 Å². The van der Waals surface area contributed by atoms with Gasteiger partial charge in [-0.2, -0.15) is 0 Å². The highest BCUT2D eigenvalue weighted by atomic mass is 32.1. The van der Waals surface area contributed by atoms with Crippen molar-refractivity contribution < 1.29 is 4.39 Å². The number of rotatable bonds is 3. The van der Waals surface area contributed by atoms with Crippen molar-refractivity contribution in [1.29, 1.82) is 0 Å². The molecule has 2 rings (SSSR count). The fourth-order valence-corrected chi connectivity index (χ4v) is 3.06. The first-order chi connectivity index (χ1) is 7.61. The summed E-state index contributed by atoms with van der Waals surface area (Å²) in [5.74, 6) is 0.394. The third-order valence-corrected chi connectivity index (χ3v) is 3.87. The van der Waals surface area contributed by atoms with Gasteiger partial charge in [0.2, 0.25) is 0 Å². The highest BCUT2D eigenvalue weighted by Crippen LogP contribution is 2.33. The van der Waals surface area contributed by atoms with Crippen molar-refractivity contribution in [2.24, 2.45) is 11.7 Å². The lowest BCUT2D eigenvalue weighted by atomic mass is 10.00. The molecule has 1 nitrogen and oxygen atoms in total. The summed E-state index contributed by atoms with van der Waals surface area (Å²) in [6.45, 7) is 4.88. The average molecular weight is 237 g/mol. The van der Waals surface area contributed by atoms with E-state index in [1.54, 1.807) is 17.4 Å². The van der Waals surface area contributed by atoms with Crippen molar-refractivity contribution in [3.8, 4) is 0 Å². The maximum atomic E-state index is 13.2. The molecular weight excluding hydrogens is 221 g/mol. The van der Waals surface area contributed by atoms with Crippen LogP contribution in [0, 0.1) is 11.7 Å². The van der Waals surface area contributed by atoms with Crippen LogP contribution < -0.4 is 5.73 Å². The molecule has 0 amide bonds. The third-order valence-electron chi connectivity index (χ3n) is 2.63. The standard InChI is InChI=1S/C13H16FNS/c1-8(2)5-10-11-6-9(14)3-4-12(11)16-13(10)7-15/h3-4,6,8H,5,7,15H2,1-2H3. The van der Waals surface area contributed by atoms with E-state index in [1.807, 2.05) is 6.07 Å². The lowest BCUT2D eigenvalue weighted by Crippen LogP contribution is -2.01. The maximum Gasteiger partial charge on any atom is 0.123 e. The summed E-state index contributed by atoms with van der Waals surface area (Å²) in [7, 11) is 0. The van der Waals surface area contributed by atoms with Crippen molar-refractivity contribution >= 4 is 21.4 Å². The Morgan fingerprint density at radius 3 is 2.75 bits per heavy atom. The van der Waals surface area contributed by atoms with Crippen LogP contribution in [0.2, 0.25) is 0 Å². The van der Waals surface area contributed by atoms with Crippen LogP contribution >= 0.6 is 11.3 Å². The molecule has 0 atom stereocenters. The molecule has 1 aromatic carbocycles. The smallest absolute Gasteiger partial charge is 0.123 e. The van der Waals surface area contributed by atoms with Gasteiger partial charge in [-0.3, -0.25) is 0 Å². The predicted octanol–water partition coefficient (Wildman–Crippen LogP) is 3.70. The SMILES string of the molecule is CC(C)Cc1c(CN)sc2ccc(F)cc12. The molecular formula is C13H16FNS. The van der Waals surface area contributed by atoms with Gasteiger partial charge in [0.05, 0.1) is 0 Å². The van der Waals surface area contributed by atoms with E-state index in [2.05, 4.69) is 13.8 Å². The largest absolute Gasteiger partial charge is 0.326 e. The number of nitrogens with two attached hydrogens (primary N) is 1. The van der Waals surface area contributed by atoms with E-state index >= 15 is 0 Å². The van der Waals surface area contributed by atoms with Crippen LogP contribution in [-0.4, -0.2) is 0 Å². The normalized spacial score (nSPS) is 11.6. The van der Waals surface area contributed by atoms with Crippen LogP contribution in [0.1, 0.15) is 24.3 Å². The second kappa shape index (κ2) is 4.52. The Hall–Kier alpha value is -0.930. The molecule has 0 radical (unpaired) electrons. The van der Waals surface area contributed by atoms with Gasteiger partial charge in [0.1, 0.15) is 5.82 Å². The molecule has 2 N–H and O–H groups in total. The van der Waals surface area contributed by atoms with E-state index in [0.29, 0.717) is 12.5 Å². The van der Waals surface area contributed by atoms with Crippen LogP contribution in [0.3, 0.4) is 0 Å². The summed E-state index contributed by atoms with van der Waals surface area (Å²) in [5.41, 5.74) is 6.98. The Kier molecular flexibility index (Phi) is 3.26. The fourth-order valence-electron chi connectivity index (χ4n) is 1.97. The molecule has 0 aliphatic rings. The predicted molar refractivity (Wildman–Crippen MR) is 68.2 cm³/mol. The Morgan fingerprint density at radius 2 is 2.12 bits per heavy atom. The third kappa shape index (κ3) is 2.11. The molecule has 0 unspecified atom stereocenters. The highest BCUT2D eigenvalue weighted by Gasteiger charge is 2.12. The molecule has 0 saturated heterocycles. The van der Waals surface area contributed by atoms with Crippen molar-refractivity contribution in [3.63, 3.8) is 0 Å². The summed E-state index contributed by atoms with van der Waals surface area (Å²) >= 11 is 1.68. The molecule has 0 aliphatic heterocycles. The van der Waals surface area contributed by atoms with Gasteiger partial charge in [-0.05, 0) is 41.5 Å². The van der Waals surface area contributed by atoms with Crippen LogP contribution in [0.5, 0.6) is 0 Å². The minimum absolute atomic E-state index is 0.168. The van der Waals surface area contributed by atoms with Crippen LogP contribution in [0.4, 0.5) is 4.39 Å². The van der Waals surface area contributed by atoms with Crippen LogP contribution in [0.15, 0.2) is 18.2 Å². The van der Waals surface area contributed by atoms with E-state index in [1.165, 1.54) is 16.5 Å². The van der Waals surface area contributed by atoms with E-state index in [-0.39, 0.29) is 5.82 Å². The summed E-state index contributed by atoms with van der Waals surface area (Å²) in [4.78, 5) is 1.19. The van der Waals surface area contributed by atoms with Crippen molar-refractivity contribution in [2.75, 3.05) is 0 Å². The Morgan fingerprint density at radius 1 is 1.38 bits per heavy atom. The molecule has 0 bridgehead atoms. The van der Waals surface area contributed by atoms with Gasteiger partial charge in [-0.15, -0.1) is 11.3 Å². The van der Waals surface area contributed by atoms with Crippen molar-refractivity contribution in [2.45, 2.75) is 26.8 Å². The zero-order valence-corrected chi connectivity index (χ0v) is 10.4. The Bertz CT molecular complexity index is 502. The fraction of sp³-hybridized carbons (Fsp3) is 0.385. The average Bonchev–Trinajstić information content (AvgIpc) is 2.56. The molecule has 0 fully saturated rings. The van der Waals surface area contributed by atoms with Crippen molar-refractivity contribution in [3.05, 3.63) is 34.5 Å². The first kappa shape index (κ1) is 11.6. The van der Waals surface area contributed by atoms with Gasteiger partial charge in [0.15, 0.2) is 0 Å². The summed E-state index contributed by atoms with van der Waals surface area (Å²) in [6, 6.07) is 4.99. The van der Waals surface area contributed by atoms with Gasteiger partial charge in [0, 0.05) is 16.1 Å². The highest BCUT2D eigenvalue weighted by molar-refractivity contribution is 7.19. The maximum absolute atomic E-state index is 13.2. The van der Waals surface area contributed by atoms with E-state index in [4.69, 9.17) is 5.73 Å². The number of hydrogen-bond donors (Lipinski definition) is 1. The number of thiophene rings is 1. The topological polar surface area (TPSA) is 26.0 Å². The van der Waals surface area contributed by atoms with Crippen molar-refractivity contribution in [1.82, 2.24) is 0 Å². The minimum Gasteiger partial charge on any atom is -0.326 e. The second-order valence-corrected chi connectivity index (χ2v) is 5.58. The number of halogens is 1.